The van der Waals surface area contributed by atoms with Crippen LogP contribution in [0.3, 0.4) is 0 Å². The highest BCUT2D eigenvalue weighted by Gasteiger charge is 2.36. The fraction of sp³-hybridized carbons (Fsp3) is 0.467. The number of nitrogens with one attached hydrogen (secondary N) is 1. The van der Waals surface area contributed by atoms with E-state index in [1.54, 1.807) is 18.2 Å². The molecule has 2 saturated carbocycles. The van der Waals surface area contributed by atoms with Gasteiger partial charge >= 0.3 is 12.0 Å². The quantitative estimate of drug-likeness (QED) is 0.745. The van der Waals surface area contributed by atoms with Gasteiger partial charge in [-0.1, -0.05) is 0 Å². The summed E-state index contributed by atoms with van der Waals surface area (Å²) < 4.78 is 0.833. The maximum Gasteiger partial charge on any atom is 0.337 e. The van der Waals surface area contributed by atoms with Gasteiger partial charge in [0.15, 0.2) is 0 Å². The van der Waals surface area contributed by atoms with Gasteiger partial charge in [0, 0.05) is 16.2 Å². The van der Waals surface area contributed by atoms with Crippen LogP contribution in [0.1, 0.15) is 36.0 Å². The molecule has 1 aromatic carbocycles. The molecule has 2 N–H and O–H groups in total. The molecule has 0 atom stereocenters. The Morgan fingerprint density at radius 1 is 1.29 bits per heavy atom. The molecule has 6 heteroatoms. The molecular weight excluding hydrogens is 383 g/mol. The van der Waals surface area contributed by atoms with Gasteiger partial charge in [-0.3, -0.25) is 0 Å². The lowest BCUT2D eigenvalue weighted by Crippen LogP contribution is -2.38. The molecule has 0 aromatic heterocycles. The number of halogens is 1. The average molecular weight is 400 g/mol. The summed E-state index contributed by atoms with van der Waals surface area (Å²) in [6, 6.07) is 5.19. The molecule has 0 saturated heterocycles. The van der Waals surface area contributed by atoms with Crippen molar-refractivity contribution in [1.82, 2.24) is 4.90 Å². The highest BCUT2D eigenvalue weighted by molar-refractivity contribution is 14.1. The van der Waals surface area contributed by atoms with E-state index < -0.39 is 5.97 Å². The second-order valence-corrected chi connectivity index (χ2v) is 7.00. The number of hydrogen-bond acceptors (Lipinski definition) is 2. The van der Waals surface area contributed by atoms with Crippen molar-refractivity contribution in [2.75, 3.05) is 11.9 Å². The number of nitrogens with zero attached hydrogens (tertiary/aromatic N) is 1. The lowest BCUT2D eigenvalue weighted by atomic mass is 10.2. The number of aromatic carboxylic acids is 1. The summed E-state index contributed by atoms with van der Waals surface area (Å²) in [7, 11) is 0. The van der Waals surface area contributed by atoms with Gasteiger partial charge in [0.05, 0.1) is 11.3 Å². The van der Waals surface area contributed by atoms with E-state index in [9.17, 15) is 14.7 Å². The van der Waals surface area contributed by atoms with Gasteiger partial charge in [0.25, 0.3) is 0 Å². The molecule has 0 bridgehead atoms. The number of rotatable bonds is 5. The first kappa shape index (κ1) is 14.6. The average Bonchev–Trinajstić information content (AvgIpc) is 3.31. The Morgan fingerprint density at radius 2 is 2.00 bits per heavy atom. The molecule has 2 amide bonds. The molecule has 2 aliphatic carbocycles. The van der Waals surface area contributed by atoms with Gasteiger partial charge in [-0.05, 0) is 72.4 Å². The second-order valence-electron chi connectivity index (χ2n) is 5.75. The van der Waals surface area contributed by atoms with Crippen molar-refractivity contribution in [2.24, 2.45) is 5.92 Å². The van der Waals surface area contributed by atoms with Crippen LogP contribution in [0, 0.1) is 9.49 Å². The summed E-state index contributed by atoms with van der Waals surface area (Å²) in [5, 5.41) is 12.0. The Morgan fingerprint density at radius 3 is 2.57 bits per heavy atom. The third kappa shape index (κ3) is 3.66. The normalized spacial score (nSPS) is 17.4. The number of carbonyl (C=O) groups excluding carboxylic acids is 1. The second kappa shape index (κ2) is 5.82. The van der Waals surface area contributed by atoms with Crippen LogP contribution in [0.25, 0.3) is 0 Å². The molecule has 0 unspecified atom stereocenters. The first-order chi connectivity index (χ1) is 10.0. The van der Waals surface area contributed by atoms with E-state index in [1.807, 2.05) is 4.90 Å². The van der Waals surface area contributed by atoms with Crippen LogP contribution in [0.5, 0.6) is 0 Å². The number of carboxylic acid groups (broad SMARTS) is 1. The Kier molecular flexibility index (Phi) is 4.05. The van der Waals surface area contributed by atoms with E-state index in [0.717, 1.165) is 23.0 Å². The van der Waals surface area contributed by atoms with Crippen molar-refractivity contribution in [3.8, 4) is 0 Å². The Balaban J connectivity index is 1.75. The number of urea groups is 1. The van der Waals surface area contributed by atoms with E-state index in [-0.39, 0.29) is 11.6 Å². The number of anilines is 1. The minimum Gasteiger partial charge on any atom is -0.478 e. The van der Waals surface area contributed by atoms with E-state index >= 15 is 0 Å². The minimum atomic E-state index is -1.02. The van der Waals surface area contributed by atoms with Gasteiger partial charge in [0.1, 0.15) is 0 Å². The number of carbonyl (C=O) groups is 2. The van der Waals surface area contributed by atoms with E-state index in [4.69, 9.17) is 0 Å². The van der Waals surface area contributed by atoms with Crippen molar-refractivity contribution in [3.63, 3.8) is 0 Å². The monoisotopic (exact) mass is 400 g/mol. The van der Waals surface area contributed by atoms with Crippen LogP contribution in [0.2, 0.25) is 0 Å². The molecule has 2 fully saturated rings. The van der Waals surface area contributed by atoms with Crippen LogP contribution in [0.4, 0.5) is 10.5 Å². The fourth-order valence-corrected chi connectivity index (χ4v) is 2.84. The smallest absolute Gasteiger partial charge is 0.337 e. The van der Waals surface area contributed by atoms with Crippen LogP contribution >= 0.6 is 22.6 Å². The molecule has 3 rings (SSSR count). The molecule has 112 valence electrons. The lowest BCUT2D eigenvalue weighted by Gasteiger charge is -2.23. The van der Waals surface area contributed by atoms with Crippen LogP contribution in [-0.2, 0) is 0 Å². The highest BCUT2D eigenvalue weighted by Crippen LogP contribution is 2.35. The van der Waals surface area contributed by atoms with Crippen LogP contribution < -0.4 is 5.32 Å². The maximum absolute atomic E-state index is 12.4. The van der Waals surface area contributed by atoms with Crippen molar-refractivity contribution >= 4 is 40.3 Å². The molecule has 1 aromatic rings. The van der Waals surface area contributed by atoms with Gasteiger partial charge in [-0.2, -0.15) is 0 Å². The standard InChI is InChI=1S/C15H17IN2O3/c16-10-3-6-13(12(7-10)14(19)20)17-15(21)18(11-4-5-11)8-9-1-2-9/h3,6-7,9,11H,1-2,4-5,8H2,(H,17,21)(H,19,20). The molecule has 0 aliphatic heterocycles. The largest absolute Gasteiger partial charge is 0.478 e. The zero-order chi connectivity index (χ0) is 15.0. The lowest BCUT2D eigenvalue weighted by molar-refractivity contribution is 0.0698. The first-order valence-electron chi connectivity index (χ1n) is 7.15. The van der Waals surface area contributed by atoms with E-state index in [0.29, 0.717) is 17.6 Å². The summed E-state index contributed by atoms with van der Waals surface area (Å²) in [6.45, 7) is 0.795. The van der Waals surface area contributed by atoms with Gasteiger partial charge in [-0.25, -0.2) is 9.59 Å². The third-order valence-corrected chi connectivity index (χ3v) is 4.52. The third-order valence-electron chi connectivity index (χ3n) is 3.85. The summed E-state index contributed by atoms with van der Waals surface area (Å²) >= 11 is 2.06. The molecule has 5 nitrogen and oxygen atoms in total. The molecular formula is C15H17IN2O3. The topological polar surface area (TPSA) is 69.6 Å². The SMILES string of the molecule is O=C(O)c1cc(I)ccc1NC(=O)N(CC1CC1)C1CC1. The van der Waals surface area contributed by atoms with Crippen molar-refractivity contribution in [3.05, 3.63) is 27.3 Å². The molecule has 2 aliphatic rings. The fourth-order valence-electron chi connectivity index (χ4n) is 2.35. The van der Waals surface area contributed by atoms with Crippen LogP contribution in [-0.4, -0.2) is 34.6 Å². The number of hydrogen-bond donors (Lipinski definition) is 2. The van der Waals surface area contributed by atoms with Gasteiger partial charge in [0.2, 0.25) is 0 Å². The Bertz CT molecular complexity index is 582. The number of benzene rings is 1. The first-order valence-corrected chi connectivity index (χ1v) is 8.23. The molecule has 0 heterocycles. The maximum atomic E-state index is 12.4. The van der Waals surface area contributed by atoms with E-state index in [1.165, 1.54) is 12.8 Å². The molecule has 0 radical (unpaired) electrons. The molecule has 0 spiro atoms. The summed E-state index contributed by atoms with van der Waals surface area (Å²) in [6.07, 6.45) is 4.50. The Labute approximate surface area is 136 Å². The summed E-state index contributed by atoms with van der Waals surface area (Å²) in [4.78, 5) is 25.6. The minimum absolute atomic E-state index is 0.136. The van der Waals surface area contributed by atoms with Crippen molar-refractivity contribution in [2.45, 2.75) is 31.7 Å². The predicted molar refractivity (Wildman–Crippen MR) is 87.6 cm³/mol. The van der Waals surface area contributed by atoms with Crippen molar-refractivity contribution in [1.29, 1.82) is 0 Å². The Hall–Kier alpha value is -1.31. The van der Waals surface area contributed by atoms with Crippen molar-refractivity contribution < 1.29 is 14.7 Å². The number of amides is 2. The predicted octanol–water partition coefficient (Wildman–Crippen LogP) is 3.40. The van der Waals surface area contributed by atoms with Gasteiger partial charge in [-0.15, -0.1) is 0 Å². The summed E-state index contributed by atoms with van der Waals surface area (Å²) in [5.41, 5.74) is 0.506. The summed E-state index contributed by atoms with van der Waals surface area (Å²) in [5.74, 6) is -0.393. The number of carboxylic acids is 1. The van der Waals surface area contributed by atoms with E-state index in [2.05, 4.69) is 27.9 Å². The molecule has 21 heavy (non-hydrogen) atoms. The zero-order valence-corrected chi connectivity index (χ0v) is 13.7. The highest BCUT2D eigenvalue weighted by atomic mass is 127. The zero-order valence-electron chi connectivity index (χ0n) is 11.5. The van der Waals surface area contributed by atoms with Gasteiger partial charge < -0.3 is 15.3 Å². The van der Waals surface area contributed by atoms with Crippen LogP contribution in [0.15, 0.2) is 18.2 Å².